The second-order valence-corrected chi connectivity index (χ2v) is 4.79. The lowest BCUT2D eigenvalue weighted by atomic mass is 10.3. The summed E-state index contributed by atoms with van der Waals surface area (Å²) in [5.74, 6) is -1.01. The maximum absolute atomic E-state index is 12.0. The van der Waals surface area contributed by atoms with E-state index in [1.54, 1.807) is 6.07 Å². The summed E-state index contributed by atoms with van der Waals surface area (Å²) in [5, 5.41) is 11.6. The minimum absolute atomic E-state index is 0.291. The Morgan fingerprint density at radius 1 is 1.37 bits per heavy atom. The normalized spacial score (nSPS) is 10.0. The largest absolute Gasteiger partial charge is 0.480 e. The number of carboxylic acids is 1. The van der Waals surface area contributed by atoms with Crippen LogP contribution in [0, 0.1) is 0 Å². The highest BCUT2D eigenvalue weighted by atomic mass is 32.2. The molecule has 0 saturated carbocycles. The number of thioether (sulfide) groups is 1. The number of carbonyl (C=O) groups is 2. The van der Waals surface area contributed by atoms with E-state index < -0.39 is 5.97 Å². The van der Waals surface area contributed by atoms with Crippen molar-refractivity contribution in [1.82, 2.24) is 4.90 Å². The quantitative estimate of drug-likeness (QED) is 0.787. The Balaban J connectivity index is 2.77. The molecule has 1 aromatic rings. The second-order valence-electron chi connectivity index (χ2n) is 3.95. The van der Waals surface area contributed by atoms with E-state index in [0.717, 1.165) is 4.90 Å². The smallest absolute Gasteiger partial charge is 0.323 e. The Bertz CT molecular complexity index is 451. The van der Waals surface area contributed by atoms with Gasteiger partial charge in [0.05, 0.1) is 5.69 Å². The number of aliphatic carboxylic acids is 1. The number of hydrogen-bond donors (Lipinski definition) is 2. The lowest BCUT2D eigenvalue weighted by Gasteiger charge is -2.21. The Morgan fingerprint density at radius 2 is 2.05 bits per heavy atom. The molecule has 0 bridgehead atoms. The van der Waals surface area contributed by atoms with Gasteiger partial charge in [-0.3, -0.25) is 4.79 Å². The minimum Gasteiger partial charge on any atom is -0.480 e. The van der Waals surface area contributed by atoms with E-state index in [1.165, 1.54) is 16.7 Å². The van der Waals surface area contributed by atoms with Gasteiger partial charge in [0.1, 0.15) is 6.54 Å². The highest BCUT2D eigenvalue weighted by molar-refractivity contribution is 7.98. The van der Waals surface area contributed by atoms with Crippen molar-refractivity contribution in [3.05, 3.63) is 24.3 Å². The molecule has 0 aliphatic carbocycles. The summed E-state index contributed by atoms with van der Waals surface area (Å²) in [6, 6.07) is 7.04. The molecule has 0 heterocycles. The number of carbonyl (C=O) groups excluding carboxylic acids is 1. The van der Waals surface area contributed by atoms with Gasteiger partial charge in [-0.2, -0.15) is 0 Å². The fraction of sp³-hybridized carbons (Fsp3) is 0.385. The molecule has 0 saturated heterocycles. The van der Waals surface area contributed by atoms with E-state index in [0.29, 0.717) is 18.7 Å². The summed E-state index contributed by atoms with van der Waals surface area (Å²) < 4.78 is 0. The van der Waals surface area contributed by atoms with E-state index in [4.69, 9.17) is 5.11 Å². The maximum Gasteiger partial charge on any atom is 0.323 e. The third-order valence-corrected chi connectivity index (χ3v) is 3.25. The van der Waals surface area contributed by atoms with Crippen LogP contribution in [0.5, 0.6) is 0 Å². The SMILES string of the molecule is CCCN(CC(=O)O)C(=O)Nc1ccccc1SC. The van der Waals surface area contributed by atoms with Crippen molar-refractivity contribution in [1.29, 1.82) is 0 Å². The fourth-order valence-electron chi connectivity index (χ4n) is 1.63. The van der Waals surface area contributed by atoms with Gasteiger partial charge >= 0.3 is 12.0 Å². The van der Waals surface area contributed by atoms with Crippen molar-refractivity contribution in [2.45, 2.75) is 18.2 Å². The number of nitrogens with one attached hydrogen (secondary N) is 1. The van der Waals surface area contributed by atoms with Crippen LogP contribution in [0.15, 0.2) is 29.2 Å². The van der Waals surface area contributed by atoms with Gasteiger partial charge in [0.2, 0.25) is 0 Å². The Morgan fingerprint density at radius 3 is 2.63 bits per heavy atom. The van der Waals surface area contributed by atoms with Crippen LogP contribution < -0.4 is 5.32 Å². The van der Waals surface area contributed by atoms with Gasteiger partial charge in [0, 0.05) is 11.4 Å². The molecule has 0 aliphatic heterocycles. The van der Waals surface area contributed by atoms with E-state index in [1.807, 2.05) is 31.4 Å². The van der Waals surface area contributed by atoms with Crippen LogP contribution in [0.1, 0.15) is 13.3 Å². The molecule has 0 unspecified atom stereocenters. The monoisotopic (exact) mass is 282 g/mol. The number of carboxylic acid groups (broad SMARTS) is 1. The Hall–Kier alpha value is -1.69. The molecule has 6 heteroatoms. The summed E-state index contributed by atoms with van der Waals surface area (Å²) in [7, 11) is 0. The third-order valence-electron chi connectivity index (χ3n) is 2.46. The molecule has 1 aromatic carbocycles. The molecule has 5 nitrogen and oxygen atoms in total. The van der Waals surface area contributed by atoms with Crippen LogP contribution in [-0.2, 0) is 4.79 Å². The first-order chi connectivity index (χ1) is 9.08. The summed E-state index contributed by atoms with van der Waals surface area (Å²) in [6.45, 7) is 2.03. The van der Waals surface area contributed by atoms with E-state index in [2.05, 4.69) is 5.32 Å². The van der Waals surface area contributed by atoms with Crippen molar-refractivity contribution >= 4 is 29.4 Å². The van der Waals surface area contributed by atoms with Gasteiger partial charge in [0.25, 0.3) is 0 Å². The van der Waals surface area contributed by atoms with Gasteiger partial charge in [-0.25, -0.2) is 4.79 Å². The molecule has 0 aromatic heterocycles. The van der Waals surface area contributed by atoms with Crippen LogP contribution >= 0.6 is 11.8 Å². The molecular weight excluding hydrogens is 264 g/mol. The zero-order valence-corrected chi connectivity index (χ0v) is 11.9. The zero-order chi connectivity index (χ0) is 14.3. The van der Waals surface area contributed by atoms with Crippen molar-refractivity contribution in [3.63, 3.8) is 0 Å². The van der Waals surface area contributed by atoms with Crippen LogP contribution in [0.3, 0.4) is 0 Å². The first-order valence-corrected chi connectivity index (χ1v) is 7.21. The van der Waals surface area contributed by atoms with Crippen LogP contribution in [0.25, 0.3) is 0 Å². The molecule has 1 rings (SSSR count). The van der Waals surface area contributed by atoms with Crippen LogP contribution in [0.4, 0.5) is 10.5 Å². The lowest BCUT2D eigenvalue weighted by molar-refractivity contribution is -0.137. The van der Waals surface area contributed by atoms with Gasteiger partial charge in [-0.15, -0.1) is 11.8 Å². The summed E-state index contributed by atoms with van der Waals surface area (Å²) in [4.78, 5) is 25.0. The number of hydrogen-bond acceptors (Lipinski definition) is 3. The number of amides is 2. The molecule has 19 heavy (non-hydrogen) atoms. The minimum atomic E-state index is -1.01. The average Bonchev–Trinajstić information content (AvgIpc) is 2.38. The molecule has 0 atom stereocenters. The highest BCUT2D eigenvalue weighted by Crippen LogP contribution is 2.24. The summed E-state index contributed by atoms with van der Waals surface area (Å²) in [5.41, 5.74) is 0.700. The number of para-hydroxylation sites is 1. The highest BCUT2D eigenvalue weighted by Gasteiger charge is 2.16. The summed E-state index contributed by atoms with van der Waals surface area (Å²) >= 11 is 1.53. The molecule has 104 valence electrons. The average molecular weight is 282 g/mol. The van der Waals surface area contributed by atoms with Crippen molar-refractivity contribution in [3.8, 4) is 0 Å². The first kappa shape index (κ1) is 15.4. The Labute approximate surface area is 117 Å². The maximum atomic E-state index is 12.0. The van der Waals surface area contributed by atoms with Crippen LogP contribution in [0.2, 0.25) is 0 Å². The predicted octanol–water partition coefficient (Wildman–Crippen LogP) is 2.74. The van der Waals surface area contributed by atoms with Crippen molar-refractivity contribution in [2.75, 3.05) is 24.7 Å². The standard InChI is InChI=1S/C13H18N2O3S/c1-3-8-15(9-12(16)17)13(18)14-10-6-4-5-7-11(10)19-2/h4-7H,3,8-9H2,1-2H3,(H,14,18)(H,16,17). The fourth-order valence-corrected chi connectivity index (χ4v) is 2.18. The lowest BCUT2D eigenvalue weighted by Crippen LogP contribution is -2.39. The van der Waals surface area contributed by atoms with Gasteiger partial charge in [-0.05, 0) is 24.8 Å². The van der Waals surface area contributed by atoms with E-state index >= 15 is 0 Å². The van der Waals surface area contributed by atoms with E-state index in [9.17, 15) is 9.59 Å². The molecule has 0 aliphatic rings. The van der Waals surface area contributed by atoms with Crippen LogP contribution in [-0.4, -0.2) is 41.4 Å². The van der Waals surface area contributed by atoms with Gasteiger partial charge in [0.15, 0.2) is 0 Å². The predicted molar refractivity (Wildman–Crippen MR) is 76.7 cm³/mol. The molecule has 0 fully saturated rings. The molecule has 2 amide bonds. The number of urea groups is 1. The second kappa shape index (κ2) is 7.68. The van der Waals surface area contributed by atoms with Crippen molar-refractivity contribution < 1.29 is 14.7 Å². The number of rotatable bonds is 6. The van der Waals surface area contributed by atoms with Crippen molar-refractivity contribution in [2.24, 2.45) is 0 Å². The first-order valence-electron chi connectivity index (χ1n) is 5.99. The topological polar surface area (TPSA) is 69.6 Å². The Kier molecular flexibility index (Phi) is 6.21. The zero-order valence-electron chi connectivity index (χ0n) is 11.0. The molecule has 0 radical (unpaired) electrons. The number of nitrogens with zero attached hydrogens (tertiary/aromatic N) is 1. The van der Waals surface area contributed by atoms with E-state index in [-0.39, 0.29) is 12.6 Å². The number of anilines is 1. The number of benzene rings is 1. The molecule has 2 N–H and O–H groups in total. The molecule has 0 spiro atoms. The van der Waals surface area contributed by atoms with Gasteiger partial charge in [-0.1, -0.05) is 19.1 Å². The van der Waals surface area contributed by atoms with Gasteiger partial charge < -0.3 is 15.3 Å². The summed E-state index contributed by atoms with van der Waals surface area (Å²) in [6.07, 6.45) is 2.64. The molecular formula is C13H18N2O3S. The third kappa shape index (κ3) is 4.82.